The highest BCUT2D eigenvalue weighted by atomic mass is 16.2. The van der Waals surface area contributed by atoms with Gasteiger partial charge in [0.15, 0.2) is 0 Å². The SMILES string of the molecule is C=C1C(C)=C(C)N(C)C(=C)N1C.C=C1CC(=NC)N2CCCCN12.C=C1N(C)C(=C)N2CCCCN12.CN1C(=O)C2=C(CCCC2)C1=O.Cc1nc(C)c(C)c(C)c1C.Cc1nn(C)c(=O)c(C)c1C.Cc1nn(C)c(=O)n1C.Cc1nn(C)c(C)c1C.Cn1nnn(C)c1=O. The van der Waals surface area contributed by atoms with Crippen LogP contribution >= 0.6 is 0 Å². The number of aryl methyl sites for hydroxylation is 10. The number of hydrazine groups is 2. The number of rotatable bonds is 0. The maximum atomic E-state index is 11.4. The van der Waals surface area contributed by atoms with E-state index >= 15 is 0 Å². The molecule has 0 saturated carbocycles. The number of tetrazole rings is 1. The molecule has 0 N–H and O–H groups in total. The number of imide groups is 1. The van der Waals surface area contributed by atoms with Gasteiger partial charge in [0.1, 0.15) is 29.1 Å². The Morgan fingerprint density at radius 3 is 1.22 bits per heavy atom. The first-order chi connectivity index (χ1) is 44.8. The van der Waals surface area contributed by atoms with E-state index in [9.17, 15) is 24.0 Å². The van der Waals surface area contributed by atoms with E-state index in [2.05, 4.69) is 156 Å². The lowest BCUT2D eigenvalue weighted by Gasteiger charge is -2.38. The van der Waals surface area contributed by atoms with E-state index in [4.69, 9.17) is 0 Å². The quantitative estimate of drug-likeness (QED) is 0.134. The van der Waals surface area contributed by atoms with Crippen molar-refractivity contribution in [3.8, 4) is 0 Å². The lowest BCUT2D eigenvalue weighted by molar-refractivity contribution is -0.136. The summed E-state index contributed by atoms with van der Waals surface area (Å²) in [4.78, 5) is 71.5. The number of carbonyl (C=O) groups excluding carboxylic acids is 2. The molecule has 7 aliphatic rings. The van der Waals surface area contributed by atoms with Gasteiger partial charge in [-0.2, -0.15) is 24.7 Å². The molecule has 11 heterocycles. The molecule has 0 atom stereocenters. The van der Waals surface area contributed by atoms with Gasteiger partial charge in [0.2, 0.25) is 0 Å². The summed E-state index contributed by atoms with van der Waals surface area (Å²) in [6.07, 6.45) is 9.71. The molecular weight excluding hydrogens is 1210 g/mol. The third-order valence-corrected chi connectivity index (χ3v) is 19.1. The van der Waals surface area contributed by atoms with Gasteiger partial charge in [-0.25, -0.2) is 19.0 Å². The first-order valence-corrected chi connectivity index (χ1v) is 32.6. The number of likely N-dealkylation sites (N-methyl/N-ethyl adjacent to an activating group) is 2. The highest BCUT2D eigenvalue weighted by Gasteiger charge is 2.37. The molecule has 96 heavy (non-hydrogen) atoms. The number of fused-ring (bicyclic) bond motifs is 2. The van der Waals surface area contributed by atoms with E-state index in [1.54, 1.807) is 49.2 Å². The second-order valence-corrected chi connectivity index (χ2v) is 25.1. The molecule has 26 heteroatoms. The van der Waals surface area contributed by atoms with Crippen LogP contribution in [-0.2, 0) is 51.9 Å². The average molecular weight is 1330 g/mol. The van der Waals surface area contributed by atoms with E-state index in [1.807, 2.05) is 77.4 Å². The Bertz CT molecular complexity index is 3880. The zero-order valence-electron chi connectivity index (χ0n) is 62.7. The topological polar surface area (TPSA) is 231 Å². The van der Waals surface area contributed by atoms with Crippen LogP contribution in [0.3, 0.4) is 0 Å². The Morgan fingerprint density at radius 1 is 0.406 bits per heavy atom. The second kappa shape index (κ2) is 34.4. The highest BCUT2D eigenvalue weighted by Crippen LogP contribution is 2.33. The van der Waals surface area contributed by atoms with Gasteiger partial charge in [-0.1, -0.05) is 32.9 Å². The lowest BCUT2D eigenvalue weighted by atomic mass is 9.93. The van der Waals surface area contributed by atoms with Crippen LogP contribution in [0.2, 0.25) is 0 Å². The minimum atomic E-state index is -0.204. The number of hydrogen-bond acceptors (Lipinski definition) is 18. The smallest absolute Gasteiger partial charge is 0.335 e. The van der Waals surface area contributed by atoms with Crippen LogP contribution < -0.4 is 16.9 Å². The van der Waals surface area contributed by atoms with Crippen molar-refractivity contribution in [1.29, 1.82) is 0 Å². The number of hydrogen-bond donors (Lipinski definition) is 0. The molecule has 1 aliphatic carbocycles. The molecule has 0 unspecified atom stereocenters. The van der Waals surface area contributed by atoms with Crippen molar-refractivity contribution < 1.29 is 9.59 Å². The maximum absolute atomic E-state index is 11.4. The zero-order chi connectivity index (χ0) is 72.8. The van der Waals surface area contributed by atoms with E-state index < -0.39 is 0 Å². The number of pyridine rings is 1. The number of amides is 2. The fourth-order valence-corrected chi connectivity index (χ4v) is 11.1. The van der Waals surface area contributed by atoms with Crippen molar-refractivity contribution in [1.82, 2.24) is 98.3 Å². The Labute approximate surface area is 569 Å². The molecule has 0 aromatic carbocycles. The summed E-state index contributed by atoms with van der Waals surface area (Å²) in [5.74, 6) is 4.86. The van der Waals surface area contributed by atoms with Crippen LogP contribution in [-0.4, -0.2) is 177 Å². The van der Waals surface area contributed by atoms with Crippen molar-refractivity contribution in [3.63, 3.8) is 0 Å². The number of aromatic nitrogens is 12. The summed E-state index contributed by atoms with van der Waals surface area (Å²) in [5, 5.41) is 28.0. The molecule has 12 rings (SSSR count). The molecule has 5 aromatic heterocycles. The summed E-state index contributed by atoms with van der Waals surface area (Å²) in [5.41, 5.74) is 18.7. The third kappa shape index (κ3) is 18.6. The predicted octanol–water partition coefficient (Wildman–Crippen LogP) is 8.05. The number of carbonyl (C=O) groups is 2. The number of aliphatic imine (C=N–C) groups is 1. The molecule has 5 aromatic rings. The van der Waals surface area contributed by atoms with Crippen LogP contribution in [0.15, 0.2) is 104 Å². The molecular formula is C70H111N21O5. The molecule has 0 radical (unpaired) electrons. The fourth-order valence-electron chi connectivity index (χ4n) is 11.1. The van der Waals surface area contributed by atoms with Gasteiger partial charge in [0, 0.05) is 161 Å². The molecule has 0 bridgehead atoms. The van der Waals surface area contributed by atoms with Gasteiger partial charge in [0.05, 0.1) is 11.4 Å². The van der Waals surface area contributed by atoms with Gasteiger partial charge in [-0.15, -0.1) is 0 Å². The summed E-state index contributed by atoms with van der Waals surface area (Å²) in [6, 6.07) is 0. The molecule has 0 spiro atoms. The minimum absolute atomic E-state index is 0.00639. The van der Waals surface area contributed by atoms with Crippen molar-refractivity contribution in [3.05, 3.63) is 183 Å². The van der Waals surface area contributed by atoms with Gasteiger partial charge < -0.3 is 14.7 Å². The van der Waals surface area contributed by atoms with E-state index in [1.165, 1.54) is 105 Å². The Kier molecular flexibility index (Phi) is 28.3. The Morgan fingerprint density at radius 2 is 0.844 bits per heavy atom. The first-order valence-electron chi connectivity index (χ1n) is 32.6. The number of nitrogens with zero attached hydrogens (tertiary/aromatic N) is 21. The number of allylic oxidation sites excluding steroid dienone is 2. The van der Waals surface area contributed by atoms with E-state index in [0.29, 0.717) is 0 Å². The van der Waals surface area contributed by atoms with Gasteiger partial charge >= 0.3 is 11.4 Å². The number of amidine groups is 1. The molecule has 26 nitrogen and oxygen atoms in total. The highest BCUT2D eigenvalue weighted by molar-refractivity contribution is 6.19. The molecule has 2 amide bonds. The van der Waals surface area contributed by atoms with E-state index in [-0.39, 0.29) is 28.8 Å². The summed E-state index contributed by atoms with van der Waals surface area (Å²) < 4.78 is 8.43. The first kappa shape index (κ1) is 79.1. The molecule has 526 valence electrons. The van der Waals surface area contributed by atoms with E-state index in [0.717, 1.165) is 132 Å². The van der Waals surface area contributed by atoms with Crippen LogP contribution in [0, 0.1) is 83.1 Å². The Balaban J connectivity index is 0.000000230. The maximum Gasteiger partial charge on any atom is 0.363 e. The molecule has 4 fully saturated rings. The van der Waals surface area contributed by atoms with Crippen molar-refractivity contribution in [2.75, 3.05) is 61.4 Å². The predicted molar refractivity (Wildman–Crippen MR) is 382 cm³/mol. The summed E-state index contributed by atoms with van der Waals surface area (Å²) in [7, 11) is 19.5. The van der Waals surface area contributed by atoms with Gasteiger partial charge in [-0.05, 0) is 192 Å². The normalized spacial score (nSPS) is 16.7. The molecule has 4 saturated heterocycles. The fraction of sp³-hybridized carbons (Fsp3) is 0.543. The van der Waals surface area contributed by atoms with Crippen molar-refractivity contribution >= 4 is 17.6 Å². The lowest BCUT2D eigenvalue weighted by Crippen LogP contribution is -2.43. The minimum Gasteiger partial charge on any atom is -0.335 e. The van der Waals surface area contributed by atoms with Crippen molar-refractivity contribution in [2.24, 2.45) is 47.3 Å². The average Bonchev–Trinajstić information content (AvgIpc) is 1.55. The van der Waals surface area contributed by atoms with Crippen LogP contribution in [0.25, 0.3) is 0 Å². The van der Waals surface area contributed by atoms with Crippen LogP contribution in [0.4, 0.5) is 0 Å². The summed E-state index contributed by atoms with van der Waals surface area (Å²) >= 11 is 0. The molecule has 6 aliphatic heterocycles. The second-order valence-electron chi connectivity index (χ2n) is 25.1. The largest absolute Gasteiger partial charge is 0.363 e. The third-order valence-electron chi connectivity index (χ3n) is 19.1. The van der Waals surface area contributed by atoms with Crippen LogP contribution in [0.1, 0.15) is 139 Å². The summed E-state index contributed by atoms with van der Waals surface area (Å²) in [6.45, 7) is 52.8. The Hall–Kier alpha value is -9.36. The zero-order valence-corrected chi connectivity index (χ0v) is 62.7. The van der Waals surface area contributed by atoms with Gasteiger partial charge in [-0.3, -0.25) is 58.5 Å². The van der Waals surface area contributed by atoms with Gasteiger partial charge in [0.25, 0.3) is 17.4 Å². The van der Waals surface area contributed by atoms with Crippen LogP contribution in [0.5, 0.6) is 0 Å². The monoisotopic (exact) mass is 1330 g/mol. The van der Waals surface area contributed by atoms with Crippen molar-refractivity contribution in [2.45, 2.75) is 155 Å². The standard InChI is InChI=1S/C10H16N2.C10H15N.2C9H15N3.C9H11NO2.C8H12N2O.C7H12N2.C5H9N3O.C3H6N4O/c1-7-8(2)11(5)10(4)12(6)9(7)3;1-6-7(2)9(4)11-10(5)8(6)3;1-8-10(3)9(2)12-7-5-4-6-11(8)12;1-8-7-9(10-2)12-6-4-3-5-11(8)12;1-10-8(11)6-4-2-3-5-7(6)9(10)12;1-5-6(2)8(11)10(4)9-7(5)3;1-5-6(2)8-9(4)7(5)3;1-4-6-8(3)5(9)7(4)2;1-6-3(8)7(2)5-4-6/h2,4H2,1,3,5-6H3;1-5H3;1-2,4-7H2,3H3;1,3-7H2,2H3;2-5H2,1H3;1-4H3;1-4H3;1-3H3;1-2H3.